The molecule has 16 heavy (non-hydrogen) atoms. The number of aromatic nitrogens is 4. The molecule has 0 aliphatic heterocycles. The third-order valence-electron chi connectivity index (χ3n) is 2.40. The molecule has 0 fully saturated rings. The first-order valence-corrected chi connectivity index (χ1v) is 5.08. The van der Waals surface area contributed by atoms with Gasteiger partial charge in [-0.15, -0.1) is 0 Å². The zero-order chi connectivity index (χ0) is 11.7. The molecule has 0 amide bonds. The Balaban J connectivity index is 2.17. The molecule has 0 aromatic carbocycles. The van der Waals surface area contributed by atoms with E-state index in [1.165, 1.54) is 0 Å². The van der Waals surface area contributed by atoms with Gasteiger partial charge in [-0.1, -0.05) is 0 Å². The van der Waals surface area contributed by atoms with Crippen LogP contribution in [-0.2, 0) is 20.5 Å². The van der Waals surface area contributed by atoms with E-state index in [0.29, 0.717) is 12.1 Å². The van der Waals surface area contributed by atoms with Crippen LogP contribution < -0.4 is 0 Å². The van der Waals surface area contributed by atoms with Crippen molar-refractivity contribution < 1.29 is 4.79 Å². The second-order valence-electron chi connectivity index (χ2n) is 3.88. The van der Waals surface area contributed by atoms with Crippen molar-refractivity contribution in [2.45, 2.75) is 13.3 Å². The SMILES string of the molecule is Cc1cc(C(=O)Cc2ccn(C)n2)n(C)n1. The second-order valence-corrected chi connectivity index (χ2v) is 3.88. The summed E-state index contributed by atoms with van der Waals surface area (Å²) in [7, 11) is 3.61. The smallest absolute Gasteiger partial charge is 0.186 e. The van der Waals surface area contributed by atoms with Crippen molar-refractivity contribution >= 4 is 5.78 Å². The Morgan fingerprint density at radius 1 is 1.38 bits per heavy atom. The van der Waals surface area contributed by atoms with Crippen LogP contribution in [0.15, 0.2) is 18.3 Å². The van der Waals surface area contributed by atoms with Gasteiger partial charge in [0.15, 0.2) is 5.78 Å². The van der Waals surface area contributed by atoms with Gasteiger partial charge in [-0.25, -0.2) is 0 Å². The van der Waals surface area contributed by atoms with E-state index in [1.54, 1.807) is 22.5 Å². The molecule has 0 bridgehead atoms. The predicted molar refractivity (Wildman–Crippen MR) is 59.2 cm³/mol. The molecule has 2 heterocycles. The summed E-state index contributed by atoms with van der Waals surface area (Å²) in [5, 5.41) is 8.33. The minimum atomic E-state index is 0.0433. The Hall–Kier alpha value is -1.91. The van der Waals surface area contributed by atoms with Crippen LogP contribution in [0, 0.1) is 6.92 Å². The molecule has 2 aromatic rings. The maximum atomic E-state index is 11.9. The van der Waals surface area contributed by atoms with Gasteiger partial charge >= 0.3 is 0 Å². The third-order valence-corrected chi connectivity index (χ3v) is 2.40. The van der Waals surface area contributed by atoms with Crippen LogP contribution in [-0.4, -0.2) is 25.3 Å². The van der Waals surface area contributed by atoms with Gasteiger partial charge in [-0.05, 0) is 19.1 Å². The monoisotopic (exact) mass is 218 g/mol. The Bertz CT molecular complexity index is 524. The Morgan fingerprint density at radius 2 is 2.12 bits per heavy atom. The summed E-state index contributed by atoms with van der Waals surface area (Å²) >= 11 is 0. The standard InChI is InChI=1S/C11H14N4O/c1-8-6-10(15(3)12-8)11(16)7-9-4-5-14(2)13-9/h4-6H,7H2,1-3H3. The first-order valence-electron chi connectivity index (χ1n) is 5.08. The average Bonchev–Trinajstić information content (AvgIpc) is 2.73. The maximum Gasteiger partial charge on any atom is 0.186 e. The van der Waals surface area contributed by atoms with Crippen LogP contribution in [0.1, 0.15) is 21.9 Å². The van der Waals surface area contributed by atoms with E-state index in [4.69, 9.17) is 0 Å². The largest absolute Gasteiger partial charge is 0.292 e. The van der Waals surface area contributed by atoms with Crippen LogP contribution in [0.2, 0.25) is 0 Å². The van der Waals surface area contributed by atoms with Crippen LogP contribution in [0.25, 0.3) is 0 Å². The Kier molecular flexibility index (Phi) is 2.60. The minimum absolute atomic E-state index is 0.0433. The molecular weight excluding hydrogens is 204 g/mol. The fraction of sp³-hybridized carbons (Fsp3) is 0.364. The zero-order valence-electron chi connectivity index (χ0n) is 9.64. The van der Waals surface area contributed by atoms with Gasteiger partial charge in [0.05, 0.1) is 17.8 Å². The fourth-order valence-electron chi connectivity index (χ4n) is 1.68. The first kappa shape index (κ1) is 10.6. The number of hydrogen-bond acceptors (Lipinski definition) is 3. The number of carbonyl (C=O) groups excluding carboxylic acids is 1. The summed E-state index contributed by atoms with van der Waals surface area (Å²) < 4.78 is 3.30. The van der Waals surface area contributed by atoms with Crippen molar-refractivity contribution in [3.8, 4) is 0 Å². The van der Waals surface area contributed by atoms with E-state index >= 15 is 0 Å². The molecule has 0 radical (unpaired) electrons. The summed E-state index contributed by atoms with van der Waals surface area (Å²) in [6.07, 6.45) is 2.15. The second kappa shape index (κ2) is 3.92. The number of Topliss-reactive ketones (excluding diaryl/α,β-unsaturated/α-hetero) is 1. The summed E-state index contributed by atoms with van der Waals surface area (Å²) in [5.41, 5.74) is 2.27. The molecule has 0 unspecified atom stereocenters. The normalized spacial score (nSPS) is 10.7. The van der Waals surface area contributed by atoms with E-state index in [2.05, 4.69) is 10.2 Å². The molecule has 0 atom stereocenters. The van der Waals surface area contributed by atoms with Gasteiger partial charge in [0.1, 0.15) is 5.69 Å². The molecular formula is C11H14N4O. The van der Waals surface area contributed by atoms with Crippen molar-refractivity contribution in [1.29, 1.82) is 0 Å². The van der Waals surface area contributed by atoms with E-state index in [1.807, 2.05) is 26.2 Å². The van der Waals surface area contributed by atoms with Crippen molar-refractivity contribution in [1.82, 2.24) is 19.6 Å². The number of hydrogen-bond donors (Lipinski definition) is 0. The van der Waals surface area contributed by atoms with Gasteiger partial charge in [-0.2, -0.15) is 10.2 Å². The highest BCUT2D eigenvalue weighted by molar-refractivity contribution is 5.95. The third kappa shape index (κ3) is 2.03. The van der Waals surface area contributed by atoms with Gasteiger partial charge in [-0.3, -0.25) is 14.2 Å². The highest BCUT2D eigenvalue weighted by Crippen LogP contribution is 2.07. The summed E-state index contributed by atoms with van der Waals surface area (Å²) in [5.74, 6) is 0.0433. The van der Waals surface area contributed by atoms with E-state index in [0.717, 1.165) is 11.4 Å². The molecule has 5 nitrogen and oxygen atoms in total. The van der Waals surface area contributed by atoms with Crippen molar-refractivity contribution in [2.24, 2.45) is 14.1 Å². The highest BCUT2D eigenvalue weighted by atomic mass is 16.1. The van der Waals surface area contributed by atoms with Crippen LogP contribution in [0.3, 0.4) is 0 Å². The Morgan fingerprint density at radius 3 is 2.62 bits per heavy atom. The number of carbonyl (C=O) groups is 1. The minimum Gasteiger partial charge on any atom is -0.292 e. The molecule has 2 aromatic heterocycles. The van der Waals surface area contributed by atoms with Gasteiger partial charge in [0.2, 0.25) is 0 Å². The van der Waals surface area contributed by atoms with Gasteiger partial charge in [0.25, 0.3) is 0 Å². The summed E-state index contributed by atoms with van der Waals surface area (Å²) in [6.45, 7) is 1.87. The maximum absolute atomic E-state index is 11.9. The van der Waals surface area contributed by atoms with Crippen LogP contribution in [0.4, 0.5) is 0 Å². The lowest BCUT2D eigenvalue weighted by atomic mass is 10.1. The molecule has 5 heteroatoms. The van der Waals surface area contributed by atoms with E-state index < -0.39 is 0 Å². The van der Waals surface area contributed by atoms with E-state index in [9.17, 15) is 4.79 Å². The summed E-state index contributed by atoms with van der Waals surface area (Å²) in [4.78, 5) is 11.9. The van der Waals surface area contributed by atoms with Gasteiger partial charge in [0, 0.05) is 20.3 Å². The topological polar surface area (TPSA) is 52.7 Å². The lowest BCUT2D eigenvalue weighted by Crippen LogP contribution is -2.10. The van der Waals surface area contributed by atoms with Gasteiger partial charge < -0.3 is 0 Å². The number of nitrogens with zero attached hydrogens (tertiary/aromatic N) is 4. The van der Waals surface area contributed by atoms with Crippen molar-refractivity contribution in [2.75, 3.05) is 0 Å². The molecule has 2 rings (SSSR count). The van der Waals surface area contributed by atoms with Crippen LogP contribution in [0.5, 0.6) is 0 Å². The Labute approximate surface area is 93.7 Å². The average molecular weight is 218 g/mol. The number of aryl methyl sites for hydroxylation is 3. The quantitative estimate of drug-likeness (QED) is 0.719. The number of rotatable bonds is 3. The fourth-order valence-corrected chi connectivity index (χ4v) is 1.68. The number of ketones is 1. The molecule has 0 spiro atoms. The highest BCUT2D eigenvalue weighted by Gasteiger charge is 2.13. The molecule has 0 N–H and O–H groups in total. The molecule has 0 saturated heterocycles. The molecule has 84 valence electrons. The molecule has 0 aliphatic carbocycles. The lowest BCUT2D eigenvalue weighted by molar-refractivity contribution is 0.0983. The van der Waals surface area contributed by atoms with E-state index in [-0.39, 0.29) is 5.78 Å². The summed E-state index contributed by atoms with van der Waals surface area (Å²) in [6, 6.07) is 3.65. The predicted octanol–water partition coefficient (Wildman–Crippen LogP) is 0.887. The molecule has 0 aliphatic rings. The van der Waals surface area contributed by atoms with Crippen molar-refractivity contribution in [3.63, 3.8) is 0 Å². The lowest BCUT2D eigenvalue weighted by Gasteiger charge is -1.98. The first-order chi connectivity index (χ1) is 7.56. The van der Waals surface area contributed by atoms with Crippen molar-refractivity contribution in [3.05, 3.63) is 35.4 Å². The zero-order valence-corrected chi connectivity index (χ0v) is 9.64. The molecule has 0 saturated carbocycles. The van der Waals surface area contributed by atoms with Crippen LogP contribution >= 0.6 is 0 Å².